The van der Waals surface area contributed by atoms with Gasteiger partial charge in [0.2, 0.25) is 0 Å². The molecule has 0 spiro atoms. The van der Waals surface area contributed by atoms with Crippen LogP contribution in [0.2, 0.25) is 0 Å². The molecule has 55 heavy (non-hydrogen) atoms. The van der Waals surface area contributed by atoms with Crippen molar-refractivity contribution in [1.82, 2.24) is 15.0 Å². The van der Waals surface area contributed by atoms with Gasteiger partial charge in [0.15, 0.2) is 17.5 Å². The second-order valence-electron chi connectivity index (χ2n) is 13.9. The lowest BCUT2D eigenvalue weighted by Crippen LogP contribution is -2.02. The quantitative estimate of drug-likeness (QED) is 0.181. The number of para-hydroxylation sites is 3. The Hall–Kier alpha value is -7.15. The van der Waals surface area contributed by atoms with Crippen LogP contribution in [0.1, 0.15) is 0 Å². The highest BCUT2D eigenvalue weighted by Crippen LogP contribution is 2.47. The molecule has 5 nitrogen and oxygen atoms in total. The van der Waals surface area contributed by atoms with Crippen molar-refractivity contribution in [1.29, 1.82) is 0 Å². The van der Waals surface area contributed by atoms with Crippen LogP contribution in [0, 0.1) is 0 Å². The van der Waals surface area contributed by atoms with E-state index in [1.165, 1.54) is 20.2 Å². The minimum absolute atomic E-state index is 0.535. The van der Waals surface area contributed by atoms with Gasteiger partial charge >= 0.3 is 0 Å². The number of furan rings is 2. The third kappa shape index (κ3) is 4.62. The van der Waals surface area contributed by atoms with E-state index in [4.69, 9.17) is 23.8 Å². The molecule has 12 rings (SSSR count). The molecule has 0 saturated carbocycles. The van der Waals surface area contributed by atoms with Crippen LogP contribution in [0.15, 0.2) is 173 Å². The first-order valence-corrected chi connectivity index (χ1v) is 19.1. The summed E-state index contributed by atoms with van der Waals surface area (Å²) in [5.41, 5.74) is 7.89. The van der Waals surface area contributed by atoms with Crippen molar-refractivity contribution < 1.29 is 8.83 Å². The van der Waals surface area contributed by atoms with Crippen LogP contribution in [-0.4, -0.2) is 15.0 Å². The van der Waals surface area contributed by atoms with E-state index in [0.29, 0.717) is 17.5 Å². The minimum Gasteiger partial charge on any atom is -0.456 e. The van der Waals surface area contributed by atoms with Gasteiger partial charge in [-0.1, -0.05) is 115 Å². The molecule has 0 amide bonds. The molecule has 0 N–H and O–H groups in total. The number of hydrogen-bond donors (Lipinski definition) is 0. The lowest BCUT2D eigenvalue weighted by atomic mass is 9.92. The molecule has 8 aromatic carbocycles. The van der Waals surface area contributed by atoms with Crippen LogP contribution in [0.4, 0.5) is 0 Å². The number of nitrogens with zero attached hydrogens (tertiary/aromatic N) is 3. The molecule has 256 valence electrons. The summed E-state index contributed by atoms with van der Waals surface area (Å²) >= 11 is 1.81. The molecule has 4 heterocycles. The van der Waals surface area contributed by atoms with Crippen LogP contribution < -0.4 is 0 Å². The van der Waals surface area contributed by atoms with Gasteiger partial charge in [0.05, 0.1) is 5.56 Å². The second kappa shape index (κ2) is 11.7. The lowest BCUT2D eigenvalue weighted by molar-refractivity contribution is 0.668. The highest BCUT2D eigenvalue weighted by Gasteiger charge is 2.25. The van der Waals surface area contributed by atoms with Gasteiger partial charge in [-0.2, -0.15) is 0 Å². The van der Waals surface area contributed by atoms with Gasteiger partial charge in [0.25, 0.3) is 0 Å². The molecule has 0 aliphatic heterocycles. The molecule has 0 fully saturated rings. The standard InChI is InChI=1S/C49H27N3O2S/c1-2-12-29-27-30(24-23-28(29)11-1)47-50-48(37-18-9-17-34-31-13-3-6-19-38(31)54-46(34)37)52-49(51-47)45-33(25-26-40-44(45)35-14-4-7-20-39(35)53-40)32-16-10-22-42-43(32)36-15-5-8-21-41(36)55-42/h1-27H. The van der Waals surface area contributed by atoms with Crippen molar-refractivity contribution >= 4 is 86.2 Å². The van der Waals surface area contributed by atoms with E-state index in [9.17, 15) is 0 Å². The van der Waals surface area contributed by atoms with Crippen molar-refractivity contribution in [2.75, 3.05) is 0 Å². The first-order chi connectivity index (χ1) is 27.2. The smallest absolute Gasteiger partial charge is 0.167 e. The first-order valence-electron chi connectivity index (χ1n) is 18.3. The molecule has 0 aliphatic carbocycles. The molecular weight excluding hydrogens is 695 g/mol. The topological polar surface area (TPSA) is 65.0 Å². The number of aromatic nitrogens is 3. The largest absolute Gasteiger partial charge is 0.456 e. The van der Waals surface area contributed by atoms with Crippen molar-refractivity contribution in [3.05, 3.63) is 164 Å². The molecule has 12 aromatic rings. The van der Waals surface area contributed by atoms with Crippen LogP contribution in [0.3, 0.4) is 0 Å². The van der Waals surface area contributed by atoms with Crippen molar-refractivity contribution in [3.63, 3.8) is 0 Å². The van der Waals surface area contributed by atoms with Gasteiger partial charge in [0.1, 0.15) is 22.3 Å². The maximum absolute atomic E-state index is 6.56. The molecule has 0 atom stereocenters. The van der Waals surface area contributed by atoms with Crippen molar-refractivity contribution in [2.24, 2.45) is 0 Å². The van der Waals surface area contributed by atoms with Gasteiger partial charge in [-0.05, 0) is 70.4 Å². The summed E-state index contributed by atoms with van der Waals surface area (Å²) in [6, 6.07) is 56.8. The van der Waals surface area contributed by atoms with E-state index in [1.54, 1.807) is 0 Å². The zero-order valence-electron chi connectivity index (χ0n) is 29.2. The molecule has 6 heteroatoms. The Morgan fingerprint density at radius 3 is 1.96 bits per heavy atom. The zero-order chi connectivity index (χ0) is 36.0. The predicted octanol–water partition coefficient (Wildman–Crippen LogP) is 13.9. The summed E-state index contributed by atoms with van der Waals surface area (Å²) in [4.78, 5) is 16.0. The molecule has 0 bridgehead atoms. The average molecular weight is 722 g/mol. The fourth-order valence-corrected chi connectivity index (χ4v) is 9.39. The highest BCUT2D eigenvalue weighted by molar-refractivity contribution is 7.25. The monoisotopic (exact) mass is 721 g/mol. The van der Waals surface area contributed by atoms with Crippen LogP contribution in [0.25, 0.3) is 120 Å². The number of rotatable bonds is 4. The molecule has 4 aromatic heterocycles. The summed E-state index contributed by atoms with van der Waals surface area (Å²) in [7, 11) is 0. The number of benzene rings is 8. The van der Waals surface area contributed by atoms with E-state index in [-0.39, 0.29) is 0 Å². The predicted molar refractivity (Wildman–Crippen MR) is 227 cm³/mol. The van der Waals surface area contributed by atoms with Crippen LogP contribution >= 0.6 is 11.3 Å². The van der Waals surface area contributed by atoms with E-state index in [1.807, 2.05) is 47.7 Å². The SMILES string of the molecule is c1ccc2cc(-c3nc(-c4cccc5c4oc4ccccc45)nc(-c4c(-c5cccc6sc7ccccc7c56)ccc5oc6ccccc6c45)n3)ccc2c1. The van der Waals surface area contributed by atoms with Gasteiger partial charge in [-0.25, -0.2) is 15.0 Å². The summed E-state index contributed by atoms with van der Waals surface area (Å²) in [5.74, 6) is 1.67. The fourth-order valence-electron chi connectivity index (χ4n) is 8.26. The minimum atomic E-state index is 0.535. The number of thiophene rings is 1. The van der Waals surface area contributed by atoms with E-state index in [2.05, 4.69) is 127 Å². The molecule has 0 unspecified atom stereocenters. The van der Waals surface area contributed by atoms with Gasteiger partial charge < -0.3 is 8.83 Å². The lowest BCUT2D eigenvalue weighted by Gasteiger charge is -2.15. The summed E-state index contributed by atoms with van der Waals surface area (Å²) in [6.07, 6.45) is 0. The normalized spacial score (nSPS) is 12.0. The number of fused-ring (bicyclic) bond motifs is 10. The van der Waals surface area contributed by atoms with Crippen molar-refractivity contribution in [3.8, 4) is 45.3 Å². The van der Waals surface area contributed by atoms with Crippen LogP contribution in [0.5, 0.6) is 0 Å². The molecule has 0 saturated heterocycles. The molecule has 0 radical (unpaired) electrons. The van der Waals surface area contributed by atoms with Gasteiger partial charge in [0, 0.05) is 52.8 Å². The highest BCUT2D eigenvalue weighted by atomic mass is 32.1. The zero-order valence-corrected chi connectivity index (χ0v) is 30.0. The van der Waals surface area contributed by atoms with E-state index in [0.717, 1.165) is 82.5 Å². The third-order valence-electron chi connectivity index (χ3n) is 10.7. The number of hydrogen-bond acceptors (Lipinski definition) is 6. The second-order valence-corrected chi connectivity index (χ2v) is 15.0. The average Bonchev–Trinajstić information content (AvgIpc) is 3.94. The van der Waals surface area contributed by atoms with E-state index < -0.39 is 0 Å². The Bertz CT molecular complexity index is 3520. The third-order valence-corrected chi connectivity index (χ3v) is 11.9. The van der Waals surface area contributed by atoms with E-state index >= 15 is 0 Å². The summed E-state index contributed by atoms with van der Waals surface area (Å²) in [5, 5.41) is 8.75. The van der Waals surface area contributed by atoms with Gasteiger partial charge in [-0.3, -0.25) is 0 Å². The maximum Gasteiger partial charge on any atom is 0.167 e. The van der Waals surface area contributed by atoms with Crippen molar-refractivity contribution in [2.45, 2.75) is 0 Å². The fraction of sp³-hybridized carbons (Fsp3) is 0. The Labute approximate surface area is 317 Å². The first kappa shape index (κ1) is 30.3. The van der Waals surface area contributed by atoms with Crippen LogP contribution in [-0.2, 0) is 0 Å². The summed E-state index contributed by atoms with van der Waals surface area (Å²) in [6.45, 7) is 0. The Morgan fingerprint density at radius 1 is 0.382 bits per heavy atom. The molecular formula is C49H27N3O2S. The molecule has 0 aliphatic rings. The Balaban J connectivity index is 1.22. The Morgan fingerprint density at radius 2 is 1.05 bits per heavy atom. The Kier molecular flexibility index (Phi) is 6.44. The van der Waals surface area contributed by atoms with Gasteiger partial charge in [-0.15, -0.1) is 11.3 Å². The maximum atomic E-state index is 6.56. The summed E-state index contributed by atoms with van der Waals surface area (Å²) < 4.78 is 15.6.